The normalized spacial score (nSPS) is 18.4. The summed E-state index contributed by atoms with van der Waals surface area (Å²) in [6.45, 7) is 0.543. The maximum atomic E-state index is 11.6. The molecule has 0 spiro atoms. The Morgan fingerprint density at radius 3 is 2.43 bits per heavy atom. The van der Waals surface area contributed by atoms with Crippen molar-refractivity contribution in [2.75, 3.05) is 13.1 Å². The molecule has 0 heterocycles. The molecule has 0 bridgehead atoms. The average Bonchev–Trinajstić information content (AvgIpc) is 2.02. The molecule has 0 saturated heterocycles. The van der Waals surface area contributed by atoms with E-state index >= 15 is 0 Å². The zero-order valence-electron chi connectivity index (χ0n) is 8.08. The van der Waals surface area contributed by atoms with E-state index in [0.717, 1.165) is 19.3 Å². The van der Waals surface area contributed by atoms with E-state index in [-0.39, 0.29) is 18.9 Å². The number of hydrogen-bond acceptors (Lipinski definition) is 3. The van der Waals surface area contributed by atoms with E-state index in [2.05, 4.69) is 5.32 Å². The molecule has 1 rings (SSSR count). The summed E-state index contributed by atoms with van der Waals surface area (Å²) in [4.78, 5) is 21.8. The number of rotatable bonds is 5. The minimum absolute atomic E-state index is 0.0353. The highest BCUT2D eigenvalue weighted by molar-refractivity contribution is 5.84. The fourth-order valence-corrected chi connectivity index (χ4v) is 1.60. The van der Waals surface area contributed by atoms with Crippen LogP contribution in [0.4, 0.5) is 0 Å². The van der Waals surface area contributed by atoms with Gasteiger partial charge < -0.3 is 16.2 Å². The summed E-state index contributed by atoms with van der Waals surface area (Å²) in [5.41, 5.74) is 5.12. The van der Waals surface area contributed by atoms with Gasteiger partial charge in [0.05, 0.1) is 11.8 Å². The molecule has 1 saturated carbocycles. The summed E-state index contributed by atoms with van der Waals surface area (Å²) in [6, 6.07) is 0. The standard InChI is InChI=1S/C9H16N2O3/c10-6-9(3-1-4-9)8(14)11-5-2-7(12)13/h1-6,10H2,(H,11,14)(H,12,13). The van der Waals surface area contributed by atoms with Gasteiger partial charge in [0.2, 0.25) is 5.91 Å². The summed E-state index contributed by atoms with van der Waals surface area (Å²) in [7, 11) is 0. The largest absolute Gasteiger partial charge is 0.481 e. The number of carbonyl (C=O) groups is 2. The van der Waals surface area contributed by atoms with Crippen LogP contribution in [0.15, 0.2) is 0 Å². The van der Waals surface area contributed by atoms with Crippen molar-refractivity contribution in [3.05, 3.63) is 0 Å². The van der Waals surface area contributed by atoms with Gasteiger partial charge in [0.15, 0.2) is 0 Å². The van der Waals surface area contributed by atoms with Gasteiger partial charge in [-0.2, -0.15) is 0 Å². The van der Waals surface area contributed by atoms with Gasteiger partial charge in [-0.3, -0.25) is 9.59 Å². The molecule has 0 aromatic heterocycles. The number of aliphatic carboxylic acids is 1. The van der Waals surface area contributed by atoms with Crippen LogP contribution in [-0.4, -0.2) is 30.1 Å². The fourth-order valence-electron chi connectivity index (χ4n) is 1.60. The lowest BCUT2D eigenvalue weighted by molar-refractivity contribution is -0.137. The van der Waals surface area contributed by atoms with Gasteiger partial charge in [-0.05, 0) is 12.8 Å². The minimum Gasteiger partial charge on any atom is -0.481 e. The highest BCUT2D eigenvalue weighted by atomic mass is 16.4. The third-order valence-electron chi connectivity index (χ3n) is 2.81. The SMILES string of the molecule is NCC1(C(=O)NCCC(=O)O)CCC1. The highest BCUT2D eigenvalue weighted by Crippen LogP contribution is 2.39. The first-order valence-corrected chi connectivity index (χ1v) is 4.81. The zero-order chi connectivity index (χ0) is 10.6. The van der Waals surface area contributed by atoms with Crippen LogP contribution in [0.1, 0.15) is 25.7 Å². The number of nitrogens with two attached hydrogens (primary N) is 1. The van der Waals surface area contributed by atoms with Gasteiger partial charge in [-0.15, -0.1) is 0 Å². The topological polar surface area (TPSA) is 92.4 Å². The Morgan fingerprint density at radius 2 is 2.07 bits per heavy atom. The van der Waals surface area contributed by atoms with Crippen molar-refractivity contribution in [2.45, 2.75) is 25.7 Å². The molecule has 5 nitrogen and oxygen atoms in total. The second-order valence-electron chi connectivity index (χ2n) is 3.74. The Kier molecular flexibility index (Phi) is 3.46. The number of carbonyl (C=O) groups excluding carboxylic acids is 1. The maximum absolute atomic E-state index is 11.6. The lowest BCUT2D eigenvalue weighted by atomic mass is 9.68. The van der Waals surface area contributed by atoms with E-state index < -0.39 is 11.4 Å². The van der Waals surface area contributed by atoms with Gasteiger partial charge in [-0.1, -0.05) is 6.42 Å². The molecule has 0 aromatic carbocycles. The molecule has 0 radical (unpaired) electrons. The summed E-state index contributed by atoms with van der Waals surface area (Å²) >= 11 is 0. The predicted octanol–water partition coefficient (Wildman–Crippen LogP) is -0.294. The van der Waals surface area contributed by atoms with Crippen LogP contribution in [-0.2, 0) is 9.59 Å². The molecular formula is C9H16N2O3. The van der Waals surface area contributed by atoms with Crippen molar-refractivity contribution in [2.24, 2.45) is 11.1 Å². The molecule has 0 unspecified atom stereocenters. The first-order chi connectivity index (χ1) is 6.60. The zero-order valence-corrected chi connectivity index (χ0v) is 8.08. The summed E-state index contributed by atoms with van der Waals surface area (Å²) in [5.74, 6) is -0.992. The predicted molar refractivity (Wildman–Crippen MR) is 50.6 cm³/mol. The second kappa shape index (κ2) is 4.41. The third kappa shape index (κ3) is 2.23. The number of carboxylic acids is 1. The second-order valence-corrected chi connectivity index (χ2v) is 3.74. The van der Waals surface area contributed by atoms with Crippen molar-refractivity contribution in [1.82, 2.24) is 5.32 Å². The van der Waals surface area contributed by atoms with Crippen LogP contribution < -0.4 is 11.1 Å². The summed E-state index contributed by atoms with van der Waals surface area (Å²) in [6.07, 6.45) is 2.64. The van der Waals surface area contributed by atoms with Crippen LogP contribution in [0.3, 0.4) is 0 Å². The van der Waals surface area contributed by atoms with Crippen LogP contribution in [0.2, 0.25) is 0 Å². The Labute approximate surface area is 82.7 Å². The molecule has 1 aliphatic carbocycles. The Hall–Kier alpha value is -1.10. The average molecular weight is 200 g/mol. The molecule has 0 aromatic rings. The van der Waals surface area contributed by atoms with Crippen LogP contribution in [0.25, 0.3) is 0 Å². The van der Waals surface area contributed by atoms with Gasteiger partial charge >= 0.3 is 5.97 Å². The van der Waals surface area contributed by atoms with Crippen LogP contribution in [0.5, 0.6) is 0 Å². The van der Waals surface area contributed by atoms with Crippen molar-refractivity contribution in [3.8, 4) is 0 Å². The maximum Gasteiger partial charge on any atom is 0.305 e. The van der Waals surface area contributed by atoms with E-state index in [1.165, 1.54) is 0 Å². The monoisotopic (exact) mass is 200 g/mol. The van der Waals surface area contributed by atoms with E-state index in [0.29, 0.717) is 6.54 Å². The van der Waals surface area contributed by atoms with Gasteiger partial charge in [-0.25, -0.2) is 0 Å². The van der Waals surface area contributed by atoms with Crippen LogP contribution in [0, 0.1) is 5.41 Å². The molecule has 4 N–H and O–H groups in total. The van der Waals surface area contributed by atoms with Crippen LogP contribution >= 0.6 is 0 Å². The molecule has 5 heteroatoms. The number of amides is 1. The number of hydrogen-bond donors (Lipinski definition) is 3. The smallest absolute Gasteiger partial charge is 0.305 e. The molecule has 1 fully saturated rings. The fraction of sp³-hybridized carbons (Fsp3) is 0.778. The Balaban J connectivity index is 2.30. The number of nitrogens with one attached hydrogen (secondary N) is 1. The van der Waals surface area contributed by atoms with E-state index in [4.69, 9.17) is 10.8 Å². The molecular weight excluding hydrogens is 184 g/mol. The van der Waals surface area contributed by atoms with Crippen molar-refractivity contribution >= 4 is 11.9 Å². The molecule has 1 aliphatic rings. The first-order valence-electron chi connectivity index (χ1n) is 4.81. The van der Waals surface area contributed by atoms with E-state index in [1.807, 2.05) is 0 Å². The molecule has 14 heavy (non-hydrogen) atoms. The summed E-state index contributed by atoms with van der Waals surface area (Å²) in [5, 5.41) is 11.0. The molecule has 80 valence electrons. The quantitative estimate of drug-likeness (QED) is 0.568. The molecule has 0 aliphatic heterocycles. The van der Waals surface area contributed by atoms with Crippen molar-refractivity contribution in [3.63, 3.8) is 0 Å². The van der Waals surface area contributed by atoms with Crippen molar-refractivity contribution < 1.29 is 14.7 Å². The lowest BCUT2D eigenvalue weighted by Gasteiger charge is -2.39. The van der Waals surface area contributed by atoms with E-state index in [9.17, 15) is 9.59 Å². The molecule has 1 amide bonds. The Bertz CT molecular complexity index is 231. The van der Waals surface area contributed by atoms with Gasteiger partial charge in [0.25, 0.3) is 0 Å². The first kappa shape index (κ1) is 11.0. The van der Waals surface area contributed by atoms with Gasteiger partial charge in [0.1, 0.15) is 0 Å². The third-order valence-corrected chi connectivity index (χ3v) is 2.81. The summed E-state index contributed by atoms with van der Waals surface area (Å²) < 4.78 is 0. The van der Waals surface area contributed by atoms with Gasteiger partial charge in [0, 0.05) is 13.1 Å². The number of carboxylic acid groups (broad SMARTS) is 1. The Morgan fingerprint density at radius 1 is 1.43 bits per heavy atom. The minimum atomic E-state index is -0.902. The highest BCUT2D eigenvalue weighted by Gasteiger charge is 2.42. The van der Waals surface area contributed by atoms with Crippen molar-refractivity contribution in [1.29, 1.82) is 0 Å². The lowest BCUT2D eigenvalue weighted by Crippen LogP contribution is -2.50. The van der Waals surface area contributed by atoms with E-state index in [1.54, 1.807) is 0 Å². The molecule has 0 atom stereocenters.